The number of hydrogen-bond donors (Lipinski definition) is 1. The summed E-state index contributed by atoms with van der Waals surface area (Å²) in [5.74, 6) is -1.90. The normalized spacial score (nSPS) is 28.4. The highest BCUT2D eigenvalue weighted by Gasteiger charge is 2.62. The van der Waals surface area contributed by atoms with Crippen LogP contribution in [0.25, 0.3) is 0 Å². The molecule has 0 spiro atoms. The van der Waals surface area contributed by atoms with Crippen LogP contribution in [0.15, 0.2) is 18.2 Å². The lowest BCUT2D eigenvalue weighted by atomic mass is 9.81. The van der Waals surface area contributed by atoms with Crippen LogP contribution < -0.4 is 5.32 Å². The van der Waals surface area contributed by atoms with Gasteiger partial charge in [0, 0.05) is 10.7 Å². The first-order valence-electron chi connectivity index (χ1n) is 9.87. The average Bonchev–Trinajstić information content (AvgIpc) is 3.36. The smallest absolute Gasteiger partial charge is 0.329 e. The van der Waals surface area contributed by atoms with Crippen molar-refractivity contribution in [2.45, 2.75) is 39.2 Å². The number of nitrogens with one attached hydrogen (secondary N) is 1. The van der Waals surface area contributed by atoms with Crippen LogP contribution in [0.3, 0.4) is 0 Å². The van der Waals surface area contributed by atoms with Crippen molar-refractivity contribution in [1.29, 1.82) is 0 Å². The fraction of sp³-hybridized carbons (Fsp3) is 0.524. The molecule has 1 aromatic rings. The Morgan fingerprint density at radius 1 is 1.21 bits per heavy atom. The molecule has 2 saturated carbocycles. The van der Waals surface area contributed by atoms with Crippen molar-refractivity contribution in [3.05, 3.63) is 28.8 Å². The lowest BCUT2D eigenvalue weighted by Gasteiger charge is -2.23. The van der Waals surface area contributed by atoms with Gasteiger partial charge in [0.1, 0.15) is 6.04 Å². The Labute approximate surface area is 173 Å². The molecule has 1 N–H and O–H groups in total. The number of ether oxygens (including phenoxy) is 1. The van der Waals surface area contributed by atoms with E-state index in [9.17, 15) is 19.2 Å². The predicted molar refractivity (Wildman–Crippen MR) is 105 cm³/mol. The van der Waals surface area contributed by atoms with E-state index in [2.05, 4.69) is 5.32 Å². The van der Waals surface area contributed by atoms with Gasteiger partial charge in [-0.05, 0) is 62.6 Å². The maximum absolute atomic E-state index is 12.8. The van der Waals surface area contributed by atoms with Gasteiger partial charge in [-0.25, -0.2) is 4.79 Å². The zero-order valence-electron chi connectivity index (χ0n) is 16.3. The van der Waals surface area contributed by atoms with E-state index in [1.54, 1.807) is 18.2 Å². The zero-order valence-corrected chi connectivity index (χ0v) is 17.1. The van der Waals surface area contributed by atoms with Gasteiger partial charge in [0.2, 0.25) is 11.8 Å². The summed E-state index contributed by atoms with van der Waals surface area (Å²) in [7, 11) is 0. The van der Waals surface area contributed by atoms with Crippen LogP contribution in [-0.4, -0.2) is 41.2 Å². The molecule has 5 atom stereocenters. The summed E-state index contributed by atoms with van der Waals surface area (Å²) in [5.41, 5.74) is 1.37. The Morgan fingerprint density at radius 3 is 2.41 bits per heavy atom. The van der Waals surface area contributed by atoms with Gasteiger partial charge in [0.15, 0.2) is 6.61 Å². The molecule has 4 rings (SSSR count). The second kappa shape index (κ2) is 7.44. The Kier molecular flexibility index (Phi) is 5.11. The summed E-state index contributed by atoms with van der Waals surface area (Å²) in [6.07, 6.45) is 2.88. The summed E-state index contributed by atoms with van der Waals surface area (Å²) in [6.45, 7) is 2.80. The largest absolute Gasteiger partial charge is 0.454 e. The summed E-state index contributed by atoms with van der Waals surface area (Å²) in [4.78, 5) is 51.1. The van der Waals surface area contributed by atoms with Crippen LogP contribution in [0.4, 0.5) is 5.69 Å². The Balaban J connectivity index is 1.34. The molecule has 3 amide bonds. The van der Waals surface area contributed by atoms with Gasteiger partial charge in [-0.2, -0.15) is 0 Å². The number of esters is 1. The number of hydrogen-bond acceptors (Lipinski definition) is 5. The van der Waals surface area contributed by atoms with Crippen LogP contribution in [0.1, 0.15) is 31.7 Å². The maximum atomic E-state index is 12.8. The van der Waals surface area contributed by atoms with E-state index in [1.807, 2.05) is 6.92 Å². The third-order valence-corrected chi connectivity index (χ3v) is 6.90. The van der Waals surface area contributed by atoms with E-state index in [-0.39, 0.29) is 35.5 Å². The second-order valence-corrected chi connectivity index (χ2v) is 8.63. The van der Waals surface area contributed by atoms with Gasteiger partial charge < -0.3 is 10.1 Å². The lowest BCUT2D eigenvalue weighted by molar-refractivity contribution is -0.159. The van der Waals surface area contributed by atoms with Gasteiger partial charge in [0.05, 0.1) is 11.8 Å². The Morgan fingerprint density at radius 2 is 1.83 bits per heavy atom. The van der Waals surface area contributed by atoms with E-state index in [4.69, 9.17) is 16.3 Å². The lowest BCUT2D eigenvalue weighted by Crippen LogP contribution is -2.45. The molecule has 1 aliphatic heterocycles. The molecular formula is C21H23ClN2O5. The molecule has 0 aromatic heterocycles. The number of rotatable bonds is 5. The van der Waals surface area contributed by atoms with E-state index in [1.165, 1.54) is 6.92 Å². The molecule has 8 heteroatoms. The number of imide groups is 1. The number of amides is 3. The molecule has 7 nitrogen and oxygen atoms in total. The Hall–Kier alpha value is -2.41. The molecule has 0 unspecified atom stereocenters. The van der Waals surface area contributed by atoms with E-state index in [0.717, 1.165) is 29.7 Å². The first-order valence-corrected chi connectivity index (χ1v) is 10.2. The number of benzene rings is 1. The summed E-state index contributed by atoms with van der Waals surface area (Å²) < 4.78 is 5.06. The van der Waals surface area contributed by atoms with E-state index >= 15 is 0 Å². The molecule has 0 radical (unpaired) electrons. The number of carbonyl (C=O) groups excluding carboxylic acids is 4. The third kappa shape index (κ3) is 3.41. The van der Waals surface area contributed by atoms with Crippen LogP contribution in [0.2, 0.25) is 5.02 Å². The summed E-state index contributed by atoms with van der Waals surface area (Å²) >= 11 is 6.03. The molecule has 3 aliphatic rings. The molecule has 154 valence electrons. The highest BCUT2D eigenvalue weighted by molar-refractivity contribution is 6.31. The number of carbonyl (C=O) groups is 4. The minimum atomic E-state index is -1.04. The maximum Gasteiger partial charge on any atom is 0.329 e. The van der Waals surface area contributed by atoms with E-state index < -0.39 is 24.5 Å². The number of halogens is 1. The van der Waals surface area contributed by atoms with Gasteiger partial charge in [0.25, 0.3) is 5.91 Å². The molecule has 1 saturated heterocycles. The fourth-order valence-electron chi connectivity index (χ4n) is 5.04. The van der Waals surface area contributed by atoms with Gasteiger partial charge >= 0.3 is 5.97 Å². The van der Waals surface area contributed by atoms with Gasteiger partial charge in [-0.3, -0.25) is 19.3 Å². The summed E-state index contributed by atoms with van der Waals surface area (Å²) in [5, 5.41) is 3.11. The molecule has 29 heavy (non-hydrogen) atoms. The standard InChI is InChI=1S/C21H23ClN2O5/c1-10-3-6-14(8-15(10)22)23-16(25)9-29-21(28)11(2)24-19(26)17-12-4-5-13(7-12)18(17)20(24)27/h3,6,8,11-13,17-18H,4-5,7,9H2,1-2H3,(H,23,25)/t11-,12-,13+,17+,18+/m1/s1. The van der Waals surface area contributed by atoms with Crippen molar-refractivity contribution >= 4 is 41.0 Å². The van der Waals surface area contributed by atoms with Gasteiger partial charge in [-0.15, -0.1) is 0 Å². The van der Waals surface area contributed by atoms with E-state index in [0.29, 0.717) is 10.7 Å². The van der Waals surface area contributed by atoms with Crippen LogP contribution >= 0.6 is 11.6 Å². The summed E-state index contributed by atoms with van der Waals surface area (Å²) in [6, 6.07) is 4.02. The number of aryl methyl sites for hydroxylation is 1. The van der Waals surface area contributed by atoms with Gasteiger partial charge in [-0.1, -0.05) is 17.7 Å². The van der Waals surface area contributed by atoms with Crippen molar-refractivity contribution in [1.82, 2.24) is 4.90 Å². The molecule has 1 aromatic carbocycles. The molecule has 3 fully saturated rings. The third-order valence-electron chi connectivity index (χ3n) is 6.49. The molecule has 2 bridgehead atoms. The Bertz CT molecular complexity index is 873. The number of anilines is 1. The first-order chi connectivity index (χ1) is 13.8. The highest BCUT2D eigenvalue weighted by Crippen LogP contribution is 2.56. The SMILES string of the molecule is Cc1ccc(NC(=O)COC(=O)[C@@H](C)N2C(=O)[C@H]3[C@@H]4CC[C@@H](C4)[C@@H]3C2=O)cc1Cl. The molecule has 1 heterocycles. The fourth-order valence-corrected chi connectivity index (χ4v) is 5.22. The minimum Gasteiger partial charge on any atom is -0.454 e. The van der Waals surface area contributed by atoms with Crippen molar-refractivity contribution in [3.63, 3.8) is 0 Å². The van der Waals surface area contributed by atoms with Crippen molar-refractivity contribution in [2.24, 2.45) is 23.7 Å². The zero-order chi connectivity index (χ0) is 20.9. The number of fused-ring (bicyclic) bond motifs is 5. The van der Waals surface area contributed by atoms with Crippen molar-refractivity contribution in [2.75, 3.05) is 11.9 Å². The molecule has 2 aliphatic carbocycles. The van der Waals surface area contributed by atoms with Crippen LogP contribution in [-0.2, 0) is 23.9 Å². The topological polar surface area (TPSA) is 92.8 Å². The molecular weight excluding hydrogens is 396 g/mol. The monoisotopic (exact) mass is 418 g/mol. The predicted octanol–water partition coefficient (Wildman–Crippen LogP) is 2.55. The second-order valence-electron chi connectivity index (χ2n) is 8.23. The average molecular weight is 419 g/mol. The van der Waals surface area contributed by atoms with Crippen LogP contribution in [0, 0.1) is 30.6 Å². The number of likely N-dealkylation sites (tertiary alicyclic amines) is 1. The first kappa shape index (κ1) is 19.9. The quantitative estimate of drug-likeness (QED) is 0.586. The van der Waals surface area contributed by atoms with Crippen molar-refractivity contribution < 1.29 is 23.9 Å². The minimum absolute atomic E-state index is 0.252. The highest BCUT2D eigenvalue weighted by atomic mass is 35.5. The van der Waals surface area contributed by atoms with Crippen molar-refractivity contribution in [3.8, 4) is 0 Å². The van der Waals surface area contributed by atoms with Crippen LogP contribution in [0.5, 0.6) is 0 Å². The number of nitrogens with zero attached hydrogens (tertiary/aromatic N) is 1.